The molecular weight excluding hydrogens is 294 g/mol. The molecule has 0 aliphatic heterocycles. The molecule has 0 radical (unpaired) electrons. The van der Waals surface area contributed by atoms with E-state index in [1.54, 1.807) is 14.1 Å². The number of ether oxygens (including phenoxy) is 1. The van der Waals surface area contributed by atoms with Gasteiger partial charge in [-0.2, -0.15) is 4.98 Å². The van der Waals surface area contributed by atoms with Crippen molar-refractivity contribution >= 4 is 27.9 Å². The number of hydrogen-bond donors (Lipinski definition) is 2. The molecule has 0 fully saturated rings. The van der Waals surface area contributed by atoms with E-state index in [0.29, 0.717) is 40.2 Å². The SMILES string of the molecule is COc1c(NCCc2ncno2)sc(C(=O)N(C)C)c1N. The van der Waals surface area contributed by atoms with Gasteiger partial charge in [0.05, 0.1) is 7.11 Å². The highest BCUT2D eigenvalue weighted by Gasteiger charge is 2.22. The minimum atomic E-state index is -0.152. The first-order valence-corrected chi connectivity index (χ1v) is 7.03. The van der Waals surface area contributed by atoms with Crippen molar-refractivity contribution in [2.75, 3.05) is 38.8 Å². The molecule has 0 aromatic carbocycles. The summed E-state index contributed by atoms with van der Waals surface area (Å²) in [5, 5.41) is 7.42. The predicted octanol–water partition coefficient (Wildman–Crippen LogP) is 1.08. The fraction of sp³-hybridized carbons (Fsp3) is 0.417. The average Bonchev–Trinajstić information content (AvgIpc) is 3.06. The summed E-state index contributed by atoms with van der Waals surface area (Å²) in [5.41, 5.74) is 6.33. The second-order valence-electron chi connectivity index (χ2n) is 4.42. The van der Waals surface area contributed by atoms with E-state index in [1.165, 1.54) is 29.7 Å². The smallest absolute Gasteiger partial charge is 0.265 e. The first kappa shape index (κ1) is 15.1. The largest absolute Gasteiger partial charge is 0.492 e. The lowest BCUT2D eigenvalue weighted by atomic mass is 10.3. The summed E-state index contributed by atoms with van der Waals surface area (Å²) in [6, 6.07) is 0. The van der Waals surface area contributed by atoms with Crippen LogP contribution in [0.4, 0.5) is 10.7 Å². The molecule has 2 rings (SSSR count). The molecule has 114 valence electrons. The summed E-state index contributed by atoms with van der Waals surface area (Å²) in [4.78, 5) is 17.9. The predicted molar refractivity (Wildman–Crippen MR) is 79.8 cm³/mol. The quantitative estimate of drug-likeness (QED) is 0.822. The fourth-order valence-electron chi connectivity index (χ4n) is 1.70. The van der Waals surface area contributed by atoms with Gasteiger partial charge in [0.1, 0.15) is 15.6 Å². The molecule has 1 amide bonds. The van der Waals surface area contributed by atoms with Crippen LogP contribution in [-0.2, 0) is 6.42 Å². The molecule has 0 bridgehead atoms. The van der Waals surface area contributed by atoms with Gasteiger partial charge in [0.15, 0.2) is 12.1 Å². The summed E-state index contributed by atoms with van der Waals surface area (Å²) < 4.78 is 10.2. The van der Waals surface area contributed by atoms with Crippen LogP contribution < -0.4 is 15.8 Å². The summed E-state index contributed by atoms with van der Waals surface area (Å²) >= 11 is 1.27. The minimum absolute atomic E-state index is 0.152. The van der Waals surface area contributed by atoms with Crippen LogP contribution in [0.15, 0.2) is 10.9 Å². The monoisotopic (exact) mass is 311 g/mol. The Bertz CT molecular complexity index is 609. The van der Waals surface area contributed by atoms with Gasteiger partial charge in [0.25, 0.3) is 5.91 Å². The zero-order valence-corrected chi connectivity index (χ0v) is 12.9. The molecule has 0 unspecified atom stereocenters. The summed E-state index contributed by atoms with van der Waals surface area (Å²) in [5.74, 6) is 0.868. The molecule has 0 spiro atoms. The number of rotatable bonds is 6. The number of aromatic nitrogens is 2. The Kier molecular flexibility index (Phi) is 4.63. The highest BCUT2D eigenvalue weighted by Crippen LogP contribution is 2.42. The van der Waals surface area contributed by atoms with Gasteiger partial charge < -0.3 is 25.2 Å². The number of nitrogens with one attached hydrogen (secondary N) is 1. The highest BCUT2D eigenvalue weighted by atomic mass is 32.1. The van der Waals surface area contributed by atoms with Crippen molar-refractivity contribution in [2.24, 2.45) is 0 Å². The van der Waals surface area contributed by atoms with Crippen LogP contribution in [-0.4, -0.2) is 48.7 Å². The molecule has 0 aliphatic carbocycles. The number of anilines is 2. The molecule has 21 heavy (non-hydrogen) atoms. The molecule has 2 aromatic rings. The average molecular weight is 311 g/mol. The first-order chi connectivity index (χ1) is 10.0. The number of methoxy groups -OCH3 is 1. The van der Waals surface area contributed by atoms with Crippen LogP contribution in [0.5, 0.6) is 5.75 Å². The van der Waals surface area contributed by atoms with Crippen molar-refractivity contribution in [1.29, 1.82) is 0 Å². The van der Waals surface area contributed by atoms with Crippen molar-refractivity contribution in [3.05, 3.63) is 17.1 Å². The third kappa shape index (κ3) is 3.24. The Hall–Kier alpha value is -2.29. The molecule has 9 heteroatoms. The molecule has 2 aromatic heterocycles. The van der Waals surface area contributed by atoms with Crippen LogP contribution in [0, 0.1) is 0 Å². The van der Waals surface area contributed by atoms with Crippen molar-refractivity contribution in [3.8, 4) is 5.75 Å². The maximum absolute atomic E-state index is 12.0. The number of nitrogen functional groups attached to an aromatic ring is 1. The zero-order chi connectivity index (χ0) is 15.4. The molecular formula is C12H17N5O3S. The first-order valence-electron chi connectivity index (χ1n) is 6.22. The lowest BCUT2D eigenvalue weighted by Crippen LogP contribution is -2.21. The van der Waals surface area contributed by atoms with Crippen molar-refractivity contribution < 1.29 is 14.1 Å². The van der Waals surface area contributed by atoms with E-state index in [1.807, 2.05) is 0 Å². The van der Waals surface area contributed by atoms with Crippen LogP contribution in [0.1, 0.15) is 15.6 Å². The van der Waals surface area contributed by atoms with Crippen molar-refractivity contribution in [3.63, 3.8) is 0 Å². The Morgan fingerprint density at radius 3 is 2.90 bits per heavy atom. The molecule has 8 nitrogen and oxygen atoms in total. The van der Waals surface area contributed by atoms with Crippen molar-refractivity contribution in [2.45, 2.75) is 6.42 Å². The number of thiophene rings is 1. The van der Waals surface area contributed by atoms with E-state index in [-0.39, 0.29) is 5.91 Å². The van der Waals surface area contributed by atoms with E-state index in [4.69, 9.17) is 15.0 Å². The summed E-state index contributed by atoms with van der Waals surface area (Å²) in [7, 11) is 4.87. The van der Waals surface area contributed by atoms with Gasteiger partial charge in [0.2, 0.25) is 5.89 Å². The number of nitrogens with two attached hydrogens (primary N) is 1. The summed E-state index contributed by atoms with van der Waals surface area (Å²) in [6.07, 6.45) is 1.92. The van der Waals surface area contributed by atoms with Crippen LogP contribution in [0.3, 0.4) is 0 Å². The van der Waals surface area contributed by atoms with Gasteiger partial charge in [-0.15, -0.1) is 11.3 Å². The Morgan fingerprint density at radius 1 is 1.57 bits per heavy atom. The topological polar surface area (TPSA) is 107 Å². The van der Waals surface area contributed by atoms with Crippen LogP contribution >= 0.6 is 11.3 Å². The van der Waals surface area contributed by atoms with Gasteiger partial charge in [-0.3, -0.25) is 4.79 Å². The lowest BCUT2D eigenvalue weighted by Gasteiger charge is -2.08. The van der Waals surface area contributed by atoms with Crippen molar-refractivity contribution in [1.82, 2.24) is 15.0 Å². The number of hydrogen-bond acceptors (Lipinski definition) is 8. The zero-order valence-electron chi connectivity index (χ0n) is 12.0. The van der Waals surface area contributed by atoms with Gasteiger partial charge in [-0.25, -0.2) is 0 Å². The normalized spacial score (nSPS) is 10.4. The van der Waals surface area contributed by atoms with Crippen LogP contribution in [0.2, 0.25) is 0 Å². The summed E-state index contributed by atoms with van der Waals surface area (Å²) in [6.45, 7) is 0.564. The molecule has 0 atom stereocenters. The minimum Gasteiger partial charge on any atom is -0.492 e. The third-order valence-electron chi connectivity index (χ3n) is 2.74. The third-order valence-corrected chi connectivity index (χ3v) is 3.87. The number of carbonyl (C=O) groups excluding carboxylic acids is 1. The molecule has 0 saturated heterocycles. The highest BCUT2D eigenvalue weighted by molar-refractivity contribution is 7.19. The van der Waals surface area contributed by atoms with E-state index >= 15 is 0 Å². The maximum Gasteiger partial charge on any atom is 0.265 e. The standard InChI is InChI=1S/C12H17N5O3S/c1-17(2)12(18)10-8(13)9(19-3)11(21-10)14-5-4-7-15-6-16-20-7/h6,14H,4-5,13H2,1-3H3. The van der Waals surface area contributed by atoms with E-state index in [0.717, 1.165) is 0 Å². The van der Waals surface area contributed by atoms with Gasteiger partial charge in [-0.1, -0.05) is 5.16 Å². The fourth-order valence-corrected chi connectivity index (χ4v) is 2.84. The lowest BCUT2D eigenvalue weighted by molar-refractivity contribution is 0.0833. The molecule has 0 aliphatic rings. The Labute approximate surface area is 125 Å². The molecule has 2 heterocycles. The molecule has 3 N–H and O–H groups in total. The Balaban J connectivity index is 2.11. The van der Waals surface area contributed by atoms with Crippen LogP contribution in [0.25, 0.3) is 0 Å². The number of carbonyl (C=O) groups is 1. The number of amides is 1. The van der Waals surface area contributed by atoms with Gasteiger partial charge in [-0.05, 0) is 0 Å². The maximum atomic E-state index is 12.0. The van der Waals surface area contributed by atoms with Gasteiger partial charge in [0, 0.05) is 27.1 Å². The Morgan fingerprint density at radius 2 is 2.33 bits per heavy atom. The molecule has 0 saturated carbocycles. The number of nitrogens with zero attached hydrogens (tertiary/aromatic N) is 3. The second-order valence-corrected chi connectivity index (χ2v) is 5.44. The van der Waals surface area contributed by atoms with E-state index in [2.05, 4.69) is 15.5 Å². The van der Waals surface area contributed by atoms with E-state index < -0.39 is 0 Å². The van der Waals surface area contributed by atoms with E-state index in [9.17, 15) is 4.79 Å². The van der Waals surface area contributed by atoms with Gasteiger partial charge >= 0.3 is 0 Å². The second kappa shape index (κ2) is 6.44.